The highest BCUT2D eigenvalue weighted by Gasteiger charge is 1.98. The molecule has 0 radical (unpaired) electrons. The van der Waals surface area contributed by atoms with E-state index >= 15 is 0 Å². The summed E-state index contributed by atoms with van der Waals surface area (Å²) in [5, 5.41) is 0. The SMILES string of the molecule is C1=CCOC(OC=CC2=CCCC=C2)=C1. The lowest BCUT2D eigenvalue weighted by Gasteiger charge is -2.09. The van der Waals surface area contributed by atoms with Gasteiger partial charge in [-0.2, -0.15) is 0 Å². The Morgan fingerprint density at radius 1 is 1.27 bits per heavy atom. The fraction of sp³-hybridized carbons (Fsp3) is 0.231. The molecule has 0 aromatic carbocycles. The van der Waals surface area contributed by atoms with Crippen molar-refractivity contribution in [3.8, 4) is 0 Å². The van der Waals surface area contributed by atoms with Crippen LogP contribution in [0.3, 0.4) is 0 Å². The largest absolute Gasteiger partial charge is 0.461 e. The van der Waals surface area contributed by atoms with Gasteiger partial charge in [0.15, 0.2) is 0 Å². The van der Waals surface area contributed by atoms with E-state index in [1.165, 1.54) is 5.57 Å². The molecular formula is C13H14O2. The Kier molecular flexibility index (Phi) is 3.44. The summed E-state index contributed by atoms with van der Waals surface area (Å²) in [5.41, 5.74) is 1.19. The maximum absolute atomic E-state index is 5.32. The standard InChI is InChI=1S/C13H14O2/c1-2-6-12(7-3-1)9-11-15-13-8-4-5-10-14-13/h2,4-9,11H,1,3,10H2. The van der Waals surface area contributed by atoms with Gasteiger partial charge < -0.3 is 9.47 Å². The number of hydrogen-bond acceptors (Lipinski definition) is 2. The second-order valence-corrected chi connectivity index (χ2v) is 3.33. The Balaban J connectivity index is 1.84. The Bertz CT molecular complexity index is 357. The zero-order valence-electron chi connectivity index (χ0n) is 8.56. The molecule has 0 bridgehead atoms. The van der Waals surface area contributed by atoms with E-state index < -0.39 is 0 Å². The summed E-state index contributed by atoms with van der Waals surface area (Å²) in [6.07, 6.45) is 18.0. The Morgan fingerprint density at radius 2 is 2.27 bits per heavy atom. The monoisotopic (exact) mass is 202 g/mol. The molecule has 2 rings (SSSR count). The van der Waals surface area contributed by atoms with Gasteiger partial charge in [0.1, 0.15) is 6.61 Å². The highest BCUT2D eigenvalue weighted by molar-refractivity contribution is 5.32. The van der Waals surface area contributed by atoms with E-state index in [0.717, 1.165) is 12.8 Å². The van der Waals surface area contributed by atoms with Crippen molar-refractivity contribution in [3.05, 3.63) is 60.3 Å². The molecule has 0 fully saturated rings. The van der Waals surface area contributed by atoms with Gasteiger partial charge in [0, 0.05) is 6.08 Å². The van der Waals surface area contributed by atoms with E-state index in [1.54, 1.807) is 12.3 Å². The van der Waals surface area contributed by atoms with Crippen molar-refractivity contribution >= 4 is 0 Å². The van der Waals surface area contributed by atoms with Crippen LogP contribution >= 0.6 is 0 Å². The van der Waals surface area contributed by atoms with Crippen LogP contribution in [0.25, 0.3) is 0 Å². The fourth-order valence-corrected chi connectivity index (χ4v) is 1.39. The molecule has 0 atom stereocenters. The first-order valence-electron chi connectivity index (χ1n) is 5.15. The molecule has 0 aromatic heterocycles. The van der Waals surface area contributed by atoms with Crippen molar-refractivity contribution in [1.29, 1.82) is 0 Å². The van der Waals surface area contributed by atoms with Crippen LogP contribution in [-0.2, 0) is 9.47 Å². The summed E-state index contributed by atoms with van der Waals surface area (Å²) in [6, 6.07) is 0. The molecule has 1 heterocycles. The van der Waals surface area contributed by atoms with Gasteiger partial charge in [-0.3, -0.25) is 0 Å². The van der Waals surface area contributed by atoms with Crippen LogP contribution in [0.1, 0.15) is 12.8 Å². The number of rotatable bonds is 3. The minimum Gasteiger partial charge on any atom is -0.461 e. The van der Waals surface area contributed by atoms with Crippen molar-refractivity contribution < 1.29 is 9.47 Å². The van der Waals surface area contributed by atoms with E-state index in [1.807, 2.05) is 18.2 Å². The van der Waals surface area contributed by atoms with Crippen LogP contribution in [-0.4, -0.2) is 6.61 Å². The predicted octanol–water partition coefficient (Wildman–Crippen LogP) is 3.22. The van der Waals surface area contributed by atoms with Crippen molar-refractivity contribution in [2.24, 2.45) is 0 Å². The lowest BCUT2D eigenvalue weighted by Crippen LogP contribution is -1.97. The average molecular weight is 202 g/mol. The van der Waals surface area contributed by atoms with Gasteiger partial charge in [-0.05, 0) is 30.6 Å². The second kappa shape index (κ2) is 5.25. The molecule has 78 valence electrons. The van der Waals surface area contributed by atoms with Gasteiger partial charge in [-0.25, -0.2) is 0 Å². The normalized spacial score (nSPS) is 19.7. The summed E-state index contributed by atoms with van der Waals surface area (Å²) in [6.45, 7) is 0.586. The summed E-state index contributed by atoms with van der Waals surface area (Å²) in [4.78, 5) is 0. The van der Waals surface area contributed by atoms with E-state index in [-0.39, 0.29) is 0 Å². The van der Waals surface area contributed by atoms with Gasteiger partial charge in [0.05, 0.1) is 6.26 Å². The van der Waals surface area contributed by atoms with Crippen LogP contribution in [0.5, 0.6) is 0 Å². The molecule has 15 heavy (non-hydrogen) atoms. The molecule has 0 aromatic rings. The Labute approximate surface area is 89.9 Å². The number of allylic oxidation sites excluding steroid dienone is 7. The first kappa shape index (κ1) is 9.84. The third-order valence-corrected chi connectivity index (χ3v) is 2.16. The van der Waals surface area contributed by atoms with E-state index in [4.69, 9.17) is 9.47 Å². The van der Waals surface area contributed by atoms with Crippen LogP contribution in [0.4, 0.5) is 0 Å². The highest BCUT2D eigenvalue weighted by atomic mass is 16.7. The molecule has 1 aliphatic carbocycles. The maximum atomic E-state index is 5.32. The fourth-order valence-electron chi connectivity index (χ4n) is 1.39. The summed E-state index contributed by atoms with van der Waals surface area (Å²) in [7, 11) is 0. The zero-order chi connectivity index (χ0) is 10.3. The van der Waals surface area contributed by atoms with Crippen LogP contribution < -0.4 is 0 Å². The molecule has 2 aliphatic rings. The molecule has 0 saturated heterocycles. The van der Waals surface area contributed by atoms with E-state index in [2.05, 4.69) is 18.2 Å². The quantitative estimate of drug-likeness (QED) is 0.654. The smallest absolute Gasteiger partial charge is 0.284 e. The predicted molar refractivity (Wildman–Crippen MR) is 59.9 cm³/mol. The Hall–Kier alpha value is -1.70. The van der Waals surface area contributed by atoms with Crippen LogP contribution in [0.15, 0.2) is 60.3 Å². The average Bonchev–Trinajstić information content (AvgIpc) is 2.32. The molecule has 2 heteroatoms. The van der Waals surface area contributed by atoms with Gasteiger partial charge in [0.25, 0.3) is 5.95 Å². The first-order chi connectivity index (χ1) is 7.45. The van der Waals surface area contributed by atoms with Crippen molar-refractivity contribution in [2.45, 2.75) is 12.8 Å². The second-order valence-electron chi connectivity index (χ2n) is 3.33. The first-order valence-corrected chi connectivity index (χ1v) is 5.15. The van der Waals surface area contributed by atoms with Gasteiger partial charge in [-0.1, -0.05) is 24.3 Å². The molecule has 0 amide bonds. The summed E-state index contributed by atoms with van der Waals surface area (Å²) in [5.74, 6) is 0.550. The minimum absolute atomic E-state index is 0.550. The van der Waals surface area contributed by atoms with Crippen molar-refractivity contribution in [1.82, 2.24) is 0 Å². The lowest BCUT2D eigenvalue weighted by atomic mass is 10.1. The van der Waals surface area contributed by atoms with Gasteiger partial charge in [0.2, 0.25) is 0 Å². The molecular weight excluding hydrogens is 188 g/mol. The summed E-state index contributed by atoms with van der Waals surface area (Å²) >= 11 is 0. The third-order valence-electron chi connectivity index (χ3n) is 2.16. The van der Waals surface area contributed by atoms with Crippen LogP contribution in [0, 0.1) is 0 Å². The molecule has 0 unspecified atom stereocenters. The molecule has 0 N–H and O–H groups in total. The van der Waals surface area contributed by atoms with Gasteiger partial charge in [-0.15, -0.1) is 0 Å². The van der Waals surface area contributed by atoms with Crippen LogP contribution in [0.2, 0.25) is 0 Å². The van der Waals surface area contributed by atoms with Crippen molar-refractivity contribution in [2.75, 3.05) is 6.61 Å². The van der Waals surface area contributed by atoms with Crippen molar-refractivity contribution in [3.63, 3.8) is 0 Å². The van der Waals surface area contributed by atoms with E-state index in [0.29, 0.717) is 12.6 Å². The third kappa shape index (κ3) is 3.17. The lowest BCUT2D eigenvalue weighted by molar-refractivity contribution is 0.0959. The zero-order valence-corrected chi connectivity index (χ0v) is 8.56. The van der Waals surface area contributed by atoms with E-state index in [9.17, 15) is 0 Å². The molecule has 0 saturated carbocycles. The number of ether oxygens (including phenoxy) is 2. The summed E-state index contributed by atoms with van der Waals surface area (Å²) < 4.78 is 10.5. The number of hydrogen-bond donors (Lipinski definition) is 0. The van der Waals surface area contributed by atoms with Gasteiger partial charge >= 0.3 is 0 Å². The molecule has 0 spiro atoms. The molecule has 2 nitrogen and oxygen atoms in total. The maximum Gasteiger partial charge on any atom is 0.284 e. The molecule has 1 aliphatic heterocycles. The minimum atomic E-state index is 0.550. The highest BCUT2D eigenvalue weighted by Crippen LogP contribution is 2.12. The topological polar surface area (TPSA) is 18.5 Å². The Morgan fingerprint density at radius 3 is 3.00 bits per heavy atom.